The number of imide groups is 1. The maximum Gasteiger partial charge on any atom is 0.266 e. The van der Waals surface area contributed by atoms with Crippen molar-refractivity contribution < 1.29 is 9.59 Å². The highest BCUT2D eigenvalue weighted by atomic mass is 16.2. The Morgan fingerprint density at radius 2 is 1.95 bits per heavy atom. The van der Waals surface area contributed by atoms with Gasteiger partial charge in [0.15, 0.2) is 0 Å². The summed E-state index contributed by atoms with van der Waals surface area (Å²) in [7, 11) is 0. The number of hydrogen-bond acceptors (Lipinski definition) is 5. The van der Waals surface area contributed by atoms with Crippen LogP contribution in [0.4, 0.5) is 0 Å². The summed E-state index contributed by atoms with van der Waals surface area (Å²) >= 11 is 0. The van der Waals surface area contributed by atoms with E-state index in [1.807, 2.05) is 19.1 Å². The molecule has 7 nitrogen and oxygen atoms in total. The molecule has 1 aliphatic rings. The number of rotatable bonds is 1. The smallest absolute Gasteiger partial charge is 0.266 e. The summed E-state index contributed by atoms with van der Waals surface area (Å²) < 4.78 is 1.35. The van der Waals surface area contributed by atoms with Gasteiger partial charge in [0.25, 0.3) is 11.5 Å². The number of aryl methyl sites for hydroxylation is 2. The Labute approximate surface area is 126 Å². The summed E-state index contributed by atoms with van der Waals surface area (Å²) in [6, 6.07) is 4.64. The monoisotopic (exact) mass is 300 g/mol. The molecule has 1 saturated heterocycles. The fourth-order valence-electron chi connectivity index (χ4n) is 2.91. The molecule has 0 spiro atoms. The molecule has 0 bridgehead atoms. The average Bonchev–Trinajstić information content (AvgIpc) is 2.47. The van der Waals surface area contributed by atoms with E-state index in [0.717, 1.165) is 5.56 Å². The van der Waals surface area contributed by atoms with Crippen molar-refractivity contribution in [3.8, 4) is 0 Å². The number of aromatic nitrogens is 2. The van der Waals surface area contributed by atoms with Gasteiger partial charge in [-0.25, -0.2) is 15.8 Å². The standard InChI is InChI=1S/C15H16N4O3/c1-8-4-3-5-10-13(8)15(22)18(9(2)17-10)11-6-7-12(20)19(16)14(11)21/h3-5,11H,6-7,16H2,1-2H3. The molecule has 1 aromatic carbocycles. The Morgan fingerprint density at radius 3 is 2.68 bits per heavy atom. The second-order valence-corrected chi connectivity index (χ2v) is 5.46. The highest BCUT2D eigenvalue weighted by molar-refractivity contribution is 5.99. The number of nitrogens with two attached hydrogens (primary N) is 1. The van der Waals surface area contributed by atoms with E-state index in [9.17, 15) is 14.4 Å². The quantitative estimate of drug-likeness (QED) is 0.472. The van der Waals surface area contributed by atoms with Gasteiger partial charge in [-0.1, -0.05) is 12.1 Å². The van der Waals surface area contributed by atoms with Crippen molar-refractivity contribution in [2.75, 3.05) is 0 Å². The van der Waals surface area contributed by atoms with Crippen LogP contribution in [0.2, 0.25) is 0 Å². The highest BCUT2D eigenvalue weighted by Crippen LogP contribution is 2.23. The molecule has 1 aliphatic heterocycles. The van der Waals surface area contributed by atoms with Crippen LogP contribution in [0.1, 0.15) is 30.3 Å². The normalized spacial score (nSPS) is 19.0. The molecule has 2 N–H and O–H groups in total. The SMILES string of the molecule is Cc1cccc2nc(C)n(C3CCC(=O)N(N)C3=O)c(=O)c12. The fourth-order valence-corrected chi connectivity index (χ4v) is 2.91. The zero-order valence-electron chi connectivity index (χ0n) is 12.4. The molecule has 0 saturated carbocycles. The van der Waals surface area contributed by atoms with Crippen molar-refractivity contribution in [3.05, 3.63) is 39.9 Å². The Morgan fingerprint density at radius 1 is 1.23 bits per heavy atom. The number of piperidine rings is 1. The average molecular weight is 300 g/mol. The van der Waals surface area contributed by atoms with Gasteiger partial charge in [0.1, 0.15) is 11.9 Å². The van der Waals surface area contributed by atoms with Crippen LogP contribution in [0.15, 0.2) is 23.0 Å². The van der Waals surface area contributed by atoms with E-state index >= 15 is 0 Å². The number of carbonyl (C=O) groups excluding carboxylic acids is 2. The number of amides is 2. The summed E-state index contributed by atoms with van der Waals surface area (Å²) in [6.45, 7) is 3.50. The molecule has 22 heavy (non-hydrogen) atoms. The number of nitrogens with zero attached hydrogens (tertiary/aromatic N) is 3. The topological polar surface area (TPSA) is 98.3 Å². The second-order valence-electron chi connectivity index (χ2n) is 5.46. The van der Waals surface area contributed by atoms with E-state index in [-0.39, 0.29) is 18.4 Å². The van der Waals surface area contributed by atoms with Gasteiger partial charge >= 0.3 is 0 Å². The molecule has 0 radical (unpaired) electrons. The van der Waals surface area contributed by atoms with Crippen LogP contribution in [0.5, 0.6) is 0 Å². The molecule has 114 valence electrons. The minimum absolute atomic E-state index is 0.130. The van der Waals surface area contributed by atoms with Gasteiger partial charge in [0, 0.05) is 6.42 Å². The predicted molar refractivity (Wildman–Crippen MR) is 79.8 cm³/mol. The van der Waals surface area contributed by atoms with Crippen LogP contribution in [0.3, 0.4) is 0 Å². The fraction of sp³-hybridized carbons (Fsp3) is 0.333. The van der Waals surface area contributed by atoms with Gasteiger partial charge in [-0.3, -0.25) is 19.0 Å². The molecule has 1 aromatic heterocycles. The maximum absolute atomic E-state index is 12.8. The van der Waals surface area contributed by atoms with E-state index in [0.29, 0.717) is 21.7 Å². The van der Waals surface area contributed by atoms with Crippen LogP contribution in [-0.2, 0) is 9.59 Å². The summed E-state index contributed by atoms with van der Waals surface area (Å²) in [5.41, 5.74) is 1.12. The van der Waals surface area contributed by atoms with Crippen LogP contribution in [0.25, 0.3) is 10.9 Å². The Kier molecular flexibility index (Phi) is 3.29. The van der Waals surface area contributed by atoms with Gasteiger partial charge in [0.2, 0.25) is 5.91 Å². The molecule has 1 unspecified atom stereocenters. The lowest BCUT2D eigenvalue weighted by Crippen LogP contribution is -2.51. The summed E-state index contributed by atoms with van der Waals surface area (Å²) in [4.78, 5) is 41.0. The van der Waals surface area contributed by atoms with E-state index in [4.69, 9.17) is 5.84 Å². The van der Waals surface area contributed by atoms with E-state index in [2.05, 4.69) is 4.98 Å². The minimum atomic E-state index is -0.785. The zero-order chi connectivity index (χ0) is 16.0. The van der Waals surface area contributed by atoms with Gasteiger partial charge in [-0.05, 0) is 31.9 Å². The zero-order valence-corrected chi connectivity index (χ0v) is 12.4. The highest BCUT2D eigenvalue weighted by Gasteiger charge is 2.35. The number of fused-ring (bicyclic) bond motifs is 1. The van der Waals surface area contributed by atoms with E-state index < -0.39 is 17.9 Å². The lowest BCUT2D eigenvalue weighted by Gasteiger charge is -2.29. The van der Waals surface area contributed by atoms with Gasteiger partial charge < -0.3 is 0 Å². The molecule has 1 fully saturated rings. The number of hydrazine groups is 1. The molecule has 2 aromatic rings. The van der Waals surface area contributed by atoms with E-state index in [1.54, 1.807) is 13.0 Å². The van der Waals surface area contributed by atoms with Crippen LogP contribution in [0, 0.1) is 13.8 Å². The summed E-state index contributed by atoms with van der Waals surface area (Å²) in [5, 5.41) is 1.09. The second kappa shape index (κ2) is 5.03. The summed E-state index contributed by atoms with van der Waals surface area (Å²) in [5.74, 6) is 4.92. The largest absolute Gasteiger partial charge is 0.284 e. The van der Waals surface area contributed by atoms with Crippen molar-refractivity contribution in [1.29, 1.82) is 0 Å². The maximum atomic E-state index is 12.8. The first-order valence-electron chi connectivity index (χ1n) is 7.01. The molecule has 2 amide bonds. The van der Waals surface area contributed by atoms with Crippen molar-refractivity contribution >= 4 is 22.7 Å². The molecule has 1 atom stereocenters. The van der Waals surface area contributed by atoms with Crippen LogP contribution >= 0.6 is 0 Å². The van der Waals surface area contributed by atoms with Gasteiger partial charge in [-0.2, -0.15) is 0 Å². The lowest BCUT2D eigenvalue weighted by molar-refractivity contribution is -0.151. The van der Waals surface area contributed by atoms with Crippen molar-refractivity contribution in [2.24, 2.45) is 5.84 Å². The number of carbonyl (C=O) groups is 2. The van der Waals surface area contributed by atoms with Crippen molar-refractivity contribution in [1.82, 2.24) is 14.6 Å². The van der Waals surface area contributed by atoms with Crippen molar-refractivity contribution in [3.63, 3.8) is 0 Å². The first-order chi connectivity index (χ1) is 10.4. The Bertz CT molecular complexity index is 856. The Hall–Kier alpha value is -2.54. The molecule has 7 heteroatoms. The number of hydrogen-bond donors (Lipinski definition) is 1. The first-order valence-corrected chi connectivity index (χ1v) is 7.01. The molecule has 3 rings (SSSR count). The predicted octanol–water partition coefficient (Wildman–Crippen LogP) is 0.577. The lowest BCUT2D eigenvalue weighted by atomic mass is 10.0. The molecular formula is C15H16N4O3. The van der Waals surface area contributed by atoms with Crippen molar-refractivity contribution in [2.45, 2.75) is 32.7 Å². The third kappa shape index (κ3) is 2.01. The minimum Gasteiger partial charge on any atom is -0.284 e. The third-order valence-electron chi connectivity index (χ3n) is 4.05. The van der Waals surface area contributed by atoms with Gasteiger partial charge in [0.05, 0.1) is 10.9 Å². The Balaban J connectivity index is 2.24. The van der Waals surface area contributed by atoms with Gasteiger partial charge in [-0.15, -0.1) is 0 Å². The third-order valence-corrected chi connectivity index (χ3v) is 4.05. The van der Waals surface area contributed by atoms with Crippen LogP contribution < -0.4 is 11.4 Å². The molecule has 0 aliphatic carbocycles. The first kappa shape index (κ1) is 14.4. The van der Waals surface area contributed by atoms with Crippen LogP contribution in [-0.4, -0.2) is 26.4 Å². The summed E-state index contributed by atoms with van der Waals surface area (Å²) in [6.07, 6.45) is 0.385. The number of benzene rings is 1. The molecular weight excluding hydrogens is 284 g/mol. The molecule has 2 heterocycles. The van der Waals surface area contributed by atoms with E-state index in [1.165, 1.54) is 4.57 Å².